The van der Waals surface area contributed by atoms with Crippen LogP contribution in [0, 0.1) is 0 Å². The maximum Gasteiger partial charge on any atom is 0.0770 e. The molecule has 2 N–H and O–H groups in total. The molecule has 0 aromatic carbocycles. The molecule has 2 atom stereocenters. The highest BCUT2D eigenvalue weighted by Crippen LogP contribution is 2.03. The maximum absolute atomic E-state index is 8.99. The lowest BCUT2D eigenvalue weighted by molar-refractivity contribution is 0.179. The smallest absolute Gasteiger partial charge is 0.0770 e. The van der Waals surface area contributed by atoms with Crippen LogP contribution in [0.3, 0.4) is 0 Å². The van der Waals surface area contributed by atoms with E-state index in [2.05, 4.69) is 15.3 Å². The molecule has 0 radical (unpaired) electrons. The van der Waals surface area contributed by atoms with Crippen LogP contribution in [0.25, 0.3) is 10.4 Å². The number of halogens is 1. The van der Waals surface area contributed by atoms with E-state index in [1.807, 2.05) is 0 Å². The molecule has 1 fully saturated rings. The van der Waals surface area contributed by atoms with E-state index in [0.717, 1.165) is 0 Å². The van der Waals surface area contributed by atoms with E-state index in [4.69, 9.17) is 10.6 Å². The summed E-state index contributed by atoms with van der Waals surface area (Å²) in [4.78, 5) is 2.59. The molecular weight excluding hydrogens is 156 g/mol. The first-order chi connectivity index (χ1) is 4.34. The molecule has 1 heterocycles. The lowest BCUT2D eigenvalue weighted by atomic mass is 10.2. The minimum Gasteiger partial charge on any atom is -0.391 e. The van der Waals surface area contributed by atoms with E-state index in [9.17, 15) is 0 Å². The first-order valence-corrected chi connectivity index (χ1v) is 2.77. The maximum atomic E-state index is 8.99. The minimum absolute atomic E-state index is 0. The monoisotopic (exact) mass is 164 g/mol. The average molecular weight is 165 g/mol. The van der Waals surface area contributed by atoms with Gasteiger partial charge in [-0.15, -0.1) is 12.4 Å². The third-order valence-corrected chi connectivity index (χ3v) is 1.35. The number of hydrogen-bond donors (Lipinski definition) is 2. The first kappa shape index (κ1) is 9.52. The molecule has 0 saturated carbocycles. The molecule has 0 spiro atoms. The second-order valence-corrected chi connectivity index (χ2v) is 2.00. The summed E-state index contributed by atoms with van der Waals surface area (Å²) in [5.41, 5.74) is 7.96. The standard InChI is InChI=1S/C4H8N4O.ClH/c5-8-7-3-1-6-2-4(3)9;/h3-4,6,9H,1-2H2;1H/t3-,4-;/m0./s1. The van der Waals surface area contributed by atoms with E-state index in [1.54, 1.807) is 0 Å². The van der Waals surface area contributed by atoms with Crippen LogP contribution in [0.5, 0.6) is 0 Å². The van der Waals surface area contributed by atoms with Gasteiger partial charge in [-0.1, -0.05) is 5.11 Å². The lowest BCUT2D eigenvalue weighted by Crippen LogP contribution is -2.20. The fraction of sp³-hybridized carbons (Fsp3) is 1.00. The molecule has 0 unspecified atom stereocenters. The van der Waals surface area contributed by atoms with Crippen molar-refractivity contribution in [2.24, 2.45) is 5.11 Å². The summed E-state index contributed by atoms with van der Waals surface area (Å²) in [6, 6.07) is -0.269. The molecule has 0 amide bonds. The Bertz CT molecular complexity index is 146. The topological polar surface area (TPSA) is 81.0 Å². The molecule has 1 aliphatic heterocycles. The van der Waals surface area contributed by atoms with E-state index in [1.165, 1.54) is 0 Å². The molecule has 1 rings (SSSR count). The zero-order chi connectivity index (χ0) is 6.69. The van der Waals surface area contributed by atoms with Crippen molar-refractivity contribution in [2.45, 2.75) is 12.1 Å². The number of rotatable bonds is 1. The van der Waals surface area contributed by atoms with Gasteiger partial charge in [-0.3, -0.25) is 0 Å². The van der Waals surface area contributed by atoms with Gasteiger partial charge in [-0.25, -0.2) is 0 Å². The summed E-state index contributed by atoms with van der Waals surface area (Å²) in [5.74, 6) is 0. The van der Waals surface area contributed by atoms with Gasteiger partial charge in [0.25, 0.3) is 0 Å². The van der Waals surface area contributed by atoms with Gasteiger partial charge in [0.15, 0.2) is 0 Å². The van der Waals surface area contributed by atoms with Crippen molar-refractivity contribution in [1.29, 1.82) is 0 Å². The van der Waals surface area contributed by atoms with Gasteiger partial charge in [0.2, 0.25) is 0 Å². The van der Waals surface area contributed by atoms with Crippen LogP contribution in [0.1, 0.15) is 0 Å². The van der Waals surface area contributed by atoms with Crippen molar-refractivity contribution in [3.05, 3.63) is 10.4 Å². The Hall–Kier alpha value is -0.480. The Morgan fingerprint density at radius 1 is 1.60 bits per heavy atom. The van der Waals surface area contributed by atoms with Gasteiger partial charge in [-0.05, 0) is 5.53 Å². The Labute approximate surface area is 64.5 Å². The average Bonchev–Trinajstić information content (AvgIpc) is 2.18. The number of aliphatic hydroxyl groups excluding tert-OH is 1. The summed E-state index contributed by atoms with van der Waals surface area (Å²) >= 11 is 0. The fourth-order valence-electron chi connectivity index (χ4n) is 0.835. The molecule has 6 heteroatoms. The van der Waals surface area contributed by atoms with Crippen LogP contribution in [0.4, 0.5) is 0 Å². The number of nitrogens with one attached hydrogen (secondary N) is 1. The van der Waals surface area contributed by atoms with Gasteiger partial charge in [-0.2, -0.15) is 0 Å². The summed E-state index contributed by atoms with van der Waals surface area (Å²) in [6.07, 6.45) is -0.499. The van der Waals surface area contributed by atoms with E-state index >= 15 is 0 Å². The third-order valence-electron chi connectivity index (χ3n) is 1.35. The molecule has 1 aliphatic rings. The second kappa shape index (κ2) is 4.35. The van der Waals surface area contributed by atoms with Crippen molar-refractivity contribution in [2.75, 3.05) is 13.1 Å². The van der Waals surface area contributed by atoms with E-state index in [0.29, 0.717) is 13.1 Å². The number of azide groups is 1. The summed E-state index contributed by atoms with van der Waals surface area (Å²) in [6.45, 7) is 1.12. The van der Waals surface area contributed by atoms with Crippen LogP contribution in [-0.4, -0.2) is 30.3 Å². The largest absolute Gasteiger partial charge is 0.391 e. The highest BCUT2D eigenvalue weighted by atomic mass is 35.5. The van der Waals surface area contributed by atoms with Crippen molar-refractivity contribution in [1.82, 2.24) is 5.32 Å². The Kier molecular flexibility index (Phi) is 4.14. The lowest BCUT2D eigenvalue weighted by Gasteiger charge is -2.02. The Balaban J connectivity index is 0.000000810. The Morgan fingerprint density at radius 2 is 2.30 bits per heavy atom. The van der Waals surface area contributed by atoms with Crippen molar-refractivity contribution in [3.63, 3.8) is 0 Å². The van der Waals surface area contributed by atoms with E-state index < -0.39 is 6.10 Å². The summed E-state index contributed by atoms with van der Waals surface area (Å²) in [7, 11) is 0. The number of β-amino-alcohol motifs (C(OH)–C–C–N with tert-alkyl or cyclic N) is 1. The van der Waals surface area contributed by atoms with Gasteiger partial charge in [0, 0.05) is 18.0 Å². The highest BCUT2D eigenvalue weighted by molar-refractivity contribution is 5.85. The molecule has 0 aromatic rings. The highest BCUT2D eigenvalue weighted by Gasteiger charge is 2.22. The molecule has 1 saturated heterocycles. The van der Waals surface area contributed by atoms with Gasteiger partial charge < -0.3 is 10.4 Å². The molecule has 0 aromatic heterocycles. The van der Waals surface area contributed by atoms with Gasteiger partial charge in [0.05, 0.1) is 12.1 Å². The third kappa shape index (κ3) is 2.04. The van der Waals surface area contributed by atoms with Crippen LogP contribution in [0.15, 0.2) is 5.11 Å². The van der Waals surface area contributed by atoms with Crippen LogP contribution in [0.2, 0.25) is 0 Å². The molecular formula is C4H9ClN4O. The van der Waals surface area contributed by atoms with Crippen molar-refractivity contribution >= 4 is 12.4 Å². The summed E-state index contributed by atoms with van der Waals surface area (Å²) < 4.78 is 0. The minimum atomic E-state index is -0.499. The SMILES string of the molecule is Cl.[N-]=[N+]=N[C@H]1CNC[C@@H]1O. The van der Waals surface area contributed by atoms with Crippen LogP contribution < -0.4 is 5.32 Å². The predicted octanol–water partition coefficient (Wildman–Crippen LogP) is 0.0512. The van der Waals surface area contributed by atoms with Gasteiger partial charge >= 0.3 is 0 Å². The Morgan fingerprint density at radius 3 is 2.70 bits per heavy atom. The number of aliphatic hydroxyl groups is 1. The van der Waals surface area contributed by atoms with Crippen molar-refractivity contribution < 1.29 is 5.11 Å². The second-order valence-electron chi connectivity index (χ2n) is 2.00. The number of hydrogen-bond acceptors (Lipinski definition) is 3. The molecule has 58 valence electrons. The van der Waals surface area contributed by atoms with E-state index in [-0.39, 0.29) is 18.4 Å². The van der Waals surface area contributed by atoms with Gasteiger partial charge in [0.1, 0.15) is 0 Å². The predicted molar refractivity (Wildman–Crippen MR) is 39.1 cm³/mol. The molecule has 0 bridgehead atoms. The van der Waals surface area contributed by atoms with Crippen LogP contribution >= 0.6 is 12.4 Å². The molecule has 0 aliphatic carbocycles. The molecule has 5 nitrogen and oxygen atoms in total. The normalized spacial score (nSPS) is 30.5. The van der Waals surface area contributed by atoms with Crippen LogP contribution in [-0.2, 0) is 0 Å². The fourth-order valence-corrected chi connectivity index (χ4v) is 0.835. The number of nitrogens with zero attached hydrogens (tertiary/aromatic N) is 3. The van der Waals surface area contributed by atoms with Crippen molar-refractivity contribution in [3.8, 4) is 0 Å². The quantitative estimate of drug-likeness (QED) is 0.326. The zero-order valence-corrected chi connectivity index (χ0v) is 6.08. The molecule has 10 heavy (non-hydrogen) atoms. The zero-order valence-electron chi connectivity index (χ0n) is 5.27. The summed E-state index contributed by atoms with van der Waals surface area (Å²) in [5, 5.41) is 15.3. The first-order valence-electron chi connectivity index (χ1n) is 2.77.